The van der Waals surface area contributed by atoms with Crippen molar-refractivity contribution in [2.75, 3.05) is 13.7 Å². The predicted octanol–water partition coefficient (Wildman–Crippen LogP) is 2.14. The first kappa shape index (κ1) is 15.7. The number of aryl methyl sites for hydroxylation is 1. The van der Waals surface area contributed by atoms with Crippen molar-refractivity contribution in [1.82, 2.24) is 5.01 Å². The van der Waals surface area contributed by atoms with Crippen LogP contribution in [0.15, 0.2) is 18.2 Å². The van der Waals surface area contributed by atoms with Crippen LogP contribution < -0.4 is 5.84 Å². The molecular formula is C15H24N2O2. The van der Waals surface area contributed by atoms with E-state index in [0.29, 0.717) is 6.61 Å². The Balaban J connectivity index is 2.64. The van der Waals surface area contributed by atoms with Crippen molar-refractivity contribution in [3.63, 3.8) is 0 Å². The maximum absolute atomic E-state index is 11.3. The summed E-state index contributed by atoms with van der Waals surface area (Å²) in [6.07, 6.45) is 0. The van der Waals surface area contributed by atoms with Crippen molar-refractivity contribution >= 4 is 5.91 Å². The van der Waals surface area contributed by atoms with Crippen molar-refractivity contribution in [3.05, 3.63) is 34.9 Å². The molecule has 0 heterocycles. The smallest absolute Gasteiger partial charge is 0.262 e. The first-order valence-electron chi connectivity index (χ1n) is 6.41. The van der Waals surface area contributed by atoms with Crippen molar-refractivity contribution in [2.24, 2.45) is 5.84 Å². The van der Waals surface area contributed by atoms with E-state index >= 15 is 0 Å². The van der Waals surface area contributed by atoms with Crippen LogP contribution in [0.1, 0.15) is 37.5 Å². The zero-order chi connectivity index (χ0) is 14.6. The fourth-order valence-corrected chi connectivity index (χ4v) is 1.67. The maximum atomic E-state index is 11.3. The molecule has 0 unspecified atom stereocenters. The normalized spacial score (nSPS) is 11.5. The van der Waals surface area contributed by atoms with E-state index in [4.69, 9.17) is 10.6 Å². The van der Waals surface area contributed by atoms with Gasteiger partial charge >= 0.3 is 0 Å². The molecule has 106 valence electrons. The highest BCUT2D eigenvalue weighted by molar-refractivity contribution is 5.76. The summed E-state index contributed by atoms with van der Waals surface area (Å²) >= 11 is 0. The Labute approximate surface area is 115 Å². The molecule has 0 aliphatic carbocycles. The Kier molecular flexibility index (Phi) is 5.09. The molecule has 0 saturated heterocycles. The third-order valence-corrected chi connectivity index (χ3v) is 3.09. The third-order valence-electron chi connectivity index (χ3n) is 3.09. The molecule has 0 radical (unpaired) electrons. The second kappa shape index (κ2) is 6.17. The Morgan fingerprint density at radius 3 is 2.47 bits per heavy atom. The molecule has 4 nitrogen and oxygen atoms in total. The van der Waals surface area contributed by atoms with E-state index in [1.807, 2.05) is 0 Å². The van der Waals surface area contributed by atoms with E-state index < -0.39 is 0 Å². The van der Waals surface area contributed by atoms with Gasteiger partial charge in [0.2, 0.25) is 0 Å². The number of rotatable bonds is 4. The van der Waals surface area contributed by atoms with Gasteiger partial charge in [-0.15, -0.1) is 0 Å². The second-order valence-corrected chi connectivity index (χ2v) is 5.89. The number of carbonyl (C=O) groups excluding carboxylic acids is 1. The molecule has 0 bridgehead atoms. The molecule has 0 aromatic heterocycles. The predicted molar refractivity (Wildman–Crippen MR) is 76.5 cm³/mol. The molecule has 0 fully saturated rings. The molecule has 2 N–H and O–H groups in total. The van der Waals surface area contributed by atoms with Crippen LogP contribution in [0.25, 0.3) is 0 Å². The highest BCUT2D eigenvalue weighted by Gasteiger charge is 2.14. The molecule has 1 amide bonds. The van der Waals surface area contributed by atoms with E-state index in [0.717, 1.165) is 10.6 Å². The number of ether oxygens (including phenoxy) is 1. The van der Waals surface area contributed by atoms with Crippen molar-refractivity contribution in [2.45, 2.75) is 39.7 Å². The van der Waals surface area contributed by atoms with Gasteiger partial charge < -0.3 is 4.74 Å². The van der Waals surface area contributed by atoms with E-state index in [-0.39, 0.29) is 17.9 Å². The molecule has 4 heteroatoms. The number of hydrogen-bond acceptors (Lipinski definition) is 3. The Morgan fingerprint density at radius 2 is 2.00 bits per heavy atom. The van der Waals surface area contributed by atoms with Gasteiger partial charge in [0.05, 0.1) is 6.61 Å². The van der Waals surface area contributed by atoms with Crippen molar-refractivity contribution in [1.29, 1.82) is 0 Å². The van der Waals surface area contributed by atoms with Gasteiger partial charge in [-0.1, -0.05) is 39.0 Å². The summed E-state index contributed by atoms with van der Waals surface area (Å²) in [5.41, 5.74) is 3.72. The van der Waals surface area contributed by atoms with Crippen LogP contribution in [-0.4, -0.2) is 24.6 Å². The van der Waals surface area contributed by atoms with Crippen LogP contribution >= 0.6 is 0 Å². The highest BCUT2D eigenvalue weighted by Crippen LogP contribution is 2.24. The van der Waals surface area contributed by atoms with Crippen LogP contribution in [0.5, 0.6) is 0 Å². The summed E-state index contributed by atoms with van der Waals surface area (Å²) in [6, 6.07) is 6.35. The first-order valence-corrected chi connectivity index (χ1v) is 6.41. The number of amides is 1. The summed E-state index contributed by atoms with van der Waals surface area (Å²) in [5.74, 6) is 5.08. The van der Waals surface area contributed by atoms with E-state index in [1.165, 1.54) is 18.2 Å². The fourth-order valence-electron chi connectivity index (χ4n) is 1.67. The van der Waals surface area contributed by atoms with Gasteiger partial charge in [-0.25, -0.2) is 5.84 Å². The van der Waals surface area contributed by atoms with Crippen molar-refractivity contribution < 1.29 is 9.53 Å². The van der Waals surface area contributed by atoms with Crippen molar-refractivity contribution in [3.8, 4) is 0 Å². The minimum atomic E-state index is -0.232. The SMILES string of the molecule is Cc1cc(C(C)(C)C)ccc1COCC(=O)N(C)N. The van der Waals surface area contributed by atoms with Crippen LogP contribution in [-0.2, 0) is 21.6 Å². The molecule has 0 aliphatic heterocycles. The summed E-state index contributed by atoms with van der Waals surface area (Å²) < 4.78 is 5.38. The molecular weight excluding hydrogens is 240 g/mol. The zero-order valence-corrected chi connectivity index (χ0v) is 12.5. The third kappa shape index (κ3) is 4.65. The molecule has 1 rings (SSSR count). The molecule has 0 saturated carbocycles. The van der Waals surface area contributed by atoms with Gasteiger partial charge in [-0.3, -0.25) is 9.80 Å². The van der Waals surface area contributed by atoms with Crippen LogP contribution in [0, 0.1) is 6.92 Å². The molecule has 1 aromatic rings. The van der Waals surface area contributed by atoms with Crippen LogP contribution in [0.4, 0.5) is 0 Å². The molecule has 0 atom stereocenters. The number of carbonyl (C=O) groups is 1. The number of likely N-dealkylation sites (N-methyl/N-ethyl adjacent to an activating group) is 1. The van der Waals surface area contributed by atoms with Gasteiger partial charge in [0.1, 0.15) is 6.61 Å². The largest absolute Gasteiger partial charge is 0.367 e. The van der Waals surface area contributed by atoms with Crippen LogP contribution in [0.3, 0.4) is 0 Å². The maximum Gasteiger partial charge on any atom is 0.262 e. The average Bonchev–Trinajstić information content (AvgIpc) is 2.29. The summed E-state index contributed by atoms with van der Waals surface area (Å²) in [4.78, 5) is 11.3. The average molecular weight is 264 g/mol. The number of nitrogens with two attached hydrogens (primary N) is 1. The number of benzene rings is 1. The van der Waals surface area contributed by atoms with Crippen LogP contribution in [0.2, 0.25) is 0 Å². The molecule has 1 aromatic carbocycles. The van der Waals surface area contributed by atoms with E-state index in [9.17, 15) is 4.79 Å². The van der Waals surface area contributed by atoms with E-state index in [2.05, 4.69) is 45.9 Å². The topological polar surface area (TPSA) is 55.6 Å². The van der Waals surface area contributed by atoms with Gasteiger partial charge in [0.25, 0.3) is 5.91 Å². The fraction of sp³-hybridized carbons (Fsp3) is 0.533. The lowest BCUT2D eigenvalue weighted by Crippen LogP contribution is -2.35. The Hall–Kier alpha value is -1.39. The quantitative estimate of drug-likeness (QED) is 0.515. The Bertz CT molecular complexity index is 448. The van der Waals surface area contributed by atoms with Gasteiger partial charge in [0, 0.05) is 7.05 Å². The van der Waals surface area contributed by atoms with Gasteiger partial charge in [-0.2, -0.15) is 0 Å². The Morgan fingerprint density at radius 1 is 1.37 bits per heavy atom. The minimum absolute atomic E-state index is 0.00740. The van der Waals surface area contributed by atoms with Gasteiger partial charge in [-0.05, 0) is 29.0 Å². The standard InChI is InChI=1S/C15H24N2O2/c1-11-8-13(15(2,3)4)7-6-12(11)9-19-10-14(18)17(5)16/h6-8H,9-10,16H2,1-5H3. The molecule has 0 aliphatic rings. The molecule has 0 spiro atoms. The number of hydrazine groups is 1. The number of hydrogen-bond donors (Lipinski definition) is 1. The summed E-state index contributed by atoms with van der Waals surface area (Å²) in [7, 11) is 1.51. The van der Waals surface area contributed by atoms with E-state index in [1.54, 1.807) is 0 Å². The lowest BCUT2D eigenvalue weighted by molar-refractivity contribution is -0.135. The highest BCUT2D eigenvalue weighted by atomic mass is 16.5. The zero-order valence-electron chi connectivity index (χ0n) is 12.5. The number of nitrogens with zero attached hydrogens (tertiary/aromatic N) is 1. The summed E-state index contributed by atoms with van der Waals surface area (Å²) in [5, 5.41) is 1.04. The van der Waals surface area contributed by atoms with Gasteiger partial charge in [0.15, 0.2) is 0 Å². The minimum Gasteiger partial charge on any atom is -0.367 e. The summed E-state index contributed by atoms with van der Waals surface area (Å²) in [6.45, 7) is 9.06. The lowest BCUT2D eigenvalue weighted by atomic mass is 9.85. The second-order valence-electron chi connectivity index (χ2n) is 5.89. The first-order chi connectivity index (χ1) is 8.71. The molecule has 19 heavy (non-hydrogen) atoms. The monoisotopic (exact) mass is 264 g/mol. The lowest BCUT2D eigenvalue weighted by Gasteiger charge is -2.20.